The number of phenolic OH excluding ortho intramolecular Hbond substituents is 1. The molecule has 29 heavy (non-hydrogen) atoms. The van der Waals surface area contributed by atoms with E-state index in [0.717, 1.165) is 0 Å². The van der Waals surface area contributed by atoms with E-state index >= 15 is 0 Å². The van der Waals surface area contributed by atoms with Crippen LogP contribution in [0.3, 0.4) is 0 Å². The number of phenols is 1. The quantitative estimate of drug-likeness (QED) is 0.271. The van der Waals surface area contributed by atoms with E-state index in [-0.39, 0.29) is 22.2 Å². The minimum absolute atomic E-state index is 0.00398. The van der Waals surface area contributed by atoms with E-state index in [4.69, 9.17) is 28.6 Å². The molecular formula is C20H16ClIN2O4S. The van der Waals surface area contributed by atoms with E-state index in [0.29, 0.717) is 26.4 Å². The number of aromatic hydroxyl groups is 1. The predicted molar refractivity (Wildman–Crippen MR) is 124 cm³/mol. The summed E-state index contributed by atoms with van der Waals surface area (Å²) in [7, 11) is 1.43. The highest BCUT2D eigenvalue weighted by Crippen LogP contribution is 2.34. The third-order valence-electron chi connectivity index (χ3n) is 4.31. The Morgan fingerprint density at radius 3 is 2.45 bits per heavy atom. The molecule has 1 heterocycles. The van der Waals surface area contributed by atoms with Crippen molar-refractivity contribution >= 4 is 75.1 Å². The molecule has 1 aliphatic heterocycles. The van der Waals surface area contributed by atoms with E-state index in [1.165, 1.54) is 23.0 Å². The molecule has 2 aromatic carbocycles. The summed E-state index contributed by atoms with van der Waals surface area (Å²) in [5, 5.41) is 10.7. The van der Waals surface area contributed by atoms with Gasteiger partial charge in [-0.1, -0.05) is 11.6 Å². The Morgan fingerprint density at radius 2 is 1.86 bits per heavy atom. The number of amides is 2. The monoisotopic (exact) mass is 542 g/mol. The highest BCUT2D eigenvalue weighted by Gasteiger charge is 2.39. The summed E-state index contributed by atoms with van der Waals surface area (Å²) < 4.78 is 5.69. The van der Waals surface area contributed by atoms with Crippen LogP contribution in [0.5, 0.6) is 11.5 Å². The minimum Gasteiger partial charge on any atom is -0.504 e. The van der Waals surface area contributed by atoms with Crippen molar-refractivity contribution in [2.24, 2.45) is 0 Å². The maximum absolute atomic E-state index is 13.2. The van der Waals surface area contributed by atoms with Gasteiger partial charge in [0.25, 0.3) is 11.8 Å². The fraction of sp³-hybridized carbons (Fsp3) is 0.150. The molecule has 1 saturated heterocycles. The molecule has 1 fully saturated rings. The summed E-state index contributed by atoms with van der Waals surface area (Å²) in [5.41, 5.74) is 1.01. The van der Waals surface area contributed by atoms with Crippen LogP contribution in [0.2, 0.25) is 5.02 Å². The summed E-state index contributed by atoms with van der Waals surface area (Å²) in [5.74, 6) is -0.767. The third kappa shape index (κ3) is 4.10. The second kappa shape index (κ2) is 8.68. The number of ether oxygens (including phenoxy) is 1. The first-order chi connectivity index (χ1) is 13.8. The number of thiocarbonyl (C=S) groups is 1. The zero-order valence-electron chi connectivity index (χ0n) is 15.5. The standard InChI is InChI=1S/C20H16ClIN2O4S/c1-3-23-18(26)14(8-11-9-15(22)17(25)16(10-11)28-2)19(27)24(20(23)29)13-6-4-12(21)5-7-13/h4-10,25H,3H2,1-2H3/b14-8+. The van der Waals surface area contributed by atoms with Gasteiger partial charge in [-0.15, -0.1) is 0 Å². The van der Waals surface area contributed by atoms with Gasteiger partial charge in [0.2, 0.25) is 0 Å². The number of anilines is 1. The number of hydrogen-bond donors (Lipinski definition) is 1. The minimum atomic E-state index is -0.533. The van der Waals surface area contributed by atoms with E-state index < -0.39 is 11.8 Å². The second-order valence-electron chi connectivity index (χ2n) is 6.06. The molecule has 150 valence electrons. The normalized spacial score (nSPS) is 16.0. The van der Waals surface area contributed by atoms with Crippen LogP contribution in [0.1, 0.15) is 12.5 Å². The summed E-state index contributed by atoms with van der Waals surface area (Å²) >= 11 is 13.3. The number of likely N-dealkylation sites (N-methyl/N-ethyl adjacent to an activating group) is 1. The smallest absolute Gasteiger partial charge is 0.270 e. The molecule has 9 heteroatoms. The first kappa shape index (κ1) is 21.5. The van der Waals surface area contributed by atoms with E-state index in [9.17, 15) is 14.7 Å². The molecule has 0 aromatic heterocycles. The molecular weight excluding hydrogens is 527 g/mol. The molecule has 1 N–H and O–H groups in total. The molecule has 6 nitrogen and oxygen atoms in total. The van der Waals surface area contributed by atoms with Gasteiger partial charge in [0, 0.05) is 11.6 Å². The van der Waals surface area contributed by atoms with Crippen LogP contribution in [-0.2, 0) is 9.59 Å². The van der Waals surface area contributed by atoms with Gasteiger partial charge in [0.15, 0.2) is 16.6 Å². The van der Waals surface area contributed by atoms with Gasteiger partial charge in [-0.05, 0) is 89.8 Å². The average Bonchev–Trinajstić information content (AvgIpc) is 2.69. The van der Waals surface area contributed by atoms with Gasteiger partial charge in [0.05, 0.1) is 16.4 Å². The van der Waals surface area contributed by atoms with Crippen molar-refractivity contribution < 1.29 is 19.4 Å². The van der Waals surface area contributed by atoms with Crippen molar-refractivity contribution in [2.75, 3.05) is 18.6 Å². The number of carbonyl (C=O) groups is 2. The molecule has 0 unspecified atom stereocenters. The number of methoxy groups -OCH3 is 1. The van der Waals surface area contributed by atoms with Crippen molar-refractivity contribution in [1.29, 1.82) is 0 Å². The number of benzene rings is 2. The molecule has 1 aliphatic rings. The average molecular weight is 543 g/mol. The molecule has 2 aromatic rings. The summed E-state index contributed by atoms with van der Waals surface area (Å²) in [6.07, 6.45) is 1.47. The summed E-state index contributed by atoms with van der Waals surface area (Å²) in [4.78, 5) is 28.8. The molecule has 0 bridgehead atoms. The van der Waals surface area contributed by atoms with E-state index in [1.807, 2.05) is 22.6 Å². The van der Waals surface area contributed by atoms with E-state index in [1.54, 1.807) is 43.3 Å². The Bertz CT molecular complexity index is 1040. The van der Waals surface area contributed by atoms with Crippen LogP contribution in [0, 0.1) is 3.57 Å². The summed E-state index contributed by atoms with van der Waals surface area (Å²) in [6.45, 7) is 2.09. The van der Waals surface area contributed by atoms with Crippen LogP contribution in [0.15, 0.2) is 42.0 Å². The van der Waals surface area contributed by atoms with Gasteiger partial charge in [0.1, 0.15) is 5.57 Å². The molecule has 0 spiro atoms. The fourth-order valence-electron chi connectivity index (χ4n) is 2.87. The van der Waals surface area contributed by atoms with Crippen molar-refractivity contribution in [3.63, 3.8) is 0 Å². The van der Waals surface area contributed by atoms with Crippen molar-refractivity contribution in [3.05, 3.63) is 56.1 Å². The fourth-order valence-corrected chi connectivity index (χ4v) is 4.02. The van der Waals surface area contributed by atoms with Crippen molar-refractivity contribution in [2.45, 2.75) is 6.92 Å². The molecule has 0 aliphatic carbocycles. The second-order valence-corrected chi connectivity index (χ2v) is 8.02. The zero-order valence-corrected chi connectivity index (χ0v) is 19.2. The van der Waals surface area contributed by atoms with Crippen molar-refractivity contribution in [1.82, 2.24) is 4.90 Å². The van der Waals surface area contributed by atoms with Crippen LogP contribution >= 0.6 is 46.4 Å². The maximum atomic E-state index is 13.2. The zero-order chi connectivity index (χ0) is 21.3. The predicted octanol–water partition coefficient (Wildman–Crippen LogP) is 4.22. The van der Waals surface area contributed by atoms with Gasteiger partial charge in [-0.25, -0.2) is 0 Å². The van der Waals surface area contributed by atoms with Crippen LogP contribution < -0.4 is 9.64 Å². The Morgan fingerprint density at radius 1 is 1.21 bits per heavy atom. The Balaban J connectivity index is 2.12. The number of hydrogen-bond acceptors (Lipinski definition) is 5. The van der Waals surface area contributed by atoms with Gasteiger partial charge >= 0.3 is 0 Å². The molecule has 0 saturated carbocycles. The highest BCUT2D eigenvalue weighted by molar-refractivity contribution is 14.1. The molecule has 0 radical (unpaired) electrons. The lowest BCUT2D eigenvalue weighted by Gasteiger charge is -2.36. The lowest BCUT2D eigenvalue weighted by atomic mass is 10.1. The highest BCUT2D eigenvalue weighted by atomic mass is 127. The van der Waals surface area contributed by atoms with Crippen molar-refractivity contribution in [3.8, 4) is 11.5 Å². The molecule has 0 atom stereocenters. The Labute approximate surface area is 191 Å². The van der Waals surface area contributed by atoms with Gasteiger partial charge < -0.3 is 9.84 Å². The number of carbonyl (C=O) groups excluding carboxylic acids is 2. The van der Waals surface area contributed by atoms with Gasteiger partial charge in [-0.2, -0.15) is 0 Å². The maximum Gasteiger partial charge on any atom is 0.270 e. The lowest BCUT2D eigenvalue weighted by Crippen LogP contribution is -2.56. The Kier molecular flexibility index (Phi) is 6.45. The molecule has 2 amide bonds. The van der Waals surface area contributed by atoms with Crippen LogP contribution in [0.4, 0.5) is 5.69 Å². The number of nitrogens with zero attached hydrogens (tertiary/aromatic N) is 2. The SMILES string of the molecule is CCN1C(=O)/C(=C\c2cc(I)c(O)c(OC)c2)C(=O)N(c2ccc(Cl)cc2)C1=S. The van der Waals surface area contributed by atoms with Gasteiger partial charge in [-0.3, -0.25) is 19.4 Å². The number of halogens is 2. The first-order valence-electron chi connectivity index (χ1n) is 8.52. The summed E-state index contributed by atoms with van der Waals surface area (Å²) in [6, 6.07) is 9.84. The Hall–Kier alpha value is -2.17. The largest absolute Gasteiger partial charge is 0.504 e. The molecule has 3 rings (SSSR count). The van der Waals surface area contributed by atoms with E-state index in [2.05, 4.69) is 0 Å². The number of rotatable bonds is 4. The first-order valence-corrected chi connectivity index (χ1v) is 10.4. The third-order valence-corrected chi connectivity index (χ3v) is 5.79. The lowest BCUT2D eigenvalue weighted by molar-refractivity contribution is -0.127. The topological polar surface area (TPSA) is 70.1 Å². The van der Waals surface area contributed by atoms with Crippen LogP contribution in [-0.4, -0.2) is 40.6 Å². The van der Waals surface area contributed by atoms with Crippen LogP contribution in [0.25, 0.3) is 6.08 Å².